The quantitative estimate of drug-likeness (QED) is 0.814. The van der Waals surface area contributed by atoms with E-state index in [0.29, 0.717) is 23.7 Å². The van der Waals surface area contributed by atoms with Gasteiger partial charge in [-0.05, 0) is 24.5 Å². The van der Waals surface area contributed by atoms with E-state index in [1.807, 2.05) is 49.4 Å². The Morgan fingerprint density at radius 2 is 1.93 bits per heavy atom. The molecule has 5 nitrogen and oxygen atoms in total. The van der Waals surface area contributed by atoms with E-state index in [9.17, 15) is 9.59 Å². The fraction of sp³-hybridized carbons (Fsp3) is 0.217. The van der Waals surface area contributed by atoms with Crippen molar-refractivity contribution in [1.82, 2.24) is 9.80 Å². The second kappa shape index (κ2) is 8.13. The van der Waals surface area contributed by atoms with Gasteiger partial charge < -0.3 is 14.5 Å². The van der Waals surface area contributed by atoms with Crippen LogP contribution in [0, 0.1) is 0 Å². The molecule has 2 aromatic carbocycles. The Hall–Kier alpha value is -3.34. The van der Waals surface area contributed by atoms with Crippen molar-refractivity contribution in [2.24, 2.45) is 0 Å². The van der Waals surface area contributed by atoms with E-state index in [0.717, 1.165) is 10.8 Å². The van der Waals surface area contributed by atoms with Gasteiger partial charge in [0.05, 0.1) is 17.4 Å². The minimum absolute atomic E-state index is 0.105. The zero-order chi connectivity index (χ0) is 20.3. The Kier molecular flexibility index (Phi) is 5.64. The minimum Gasteiger partial charge on any atom is -0.483 e. The molecule has 28 heavy (non-hydrogen) atoms. The number of hydrogen-bond acceptors (Lipinski definition) is 3. The summed E-state index contributed by atoms with van der Waals surface area (Å²) < 4.78 is 5.85. The molecule has 1 atom stereocenters. The lowest BCUT2D eigenvalue weighted by Gasteiger charge is -2.42. The van der Waals surface area contributed by atoms with Crippen molar-refractivity contribution < 1.29 is 14.3 Å². The minimum atomic E-state index is -0.197. The molecule has 5 heteroatoms. The zero-order valence-electron chi connectivity index (χ0n) is 16.2. The van der Waals surface area contributed by atoms with Crippen LogP contribution in [-0.4, -0.2) is 40.8 Å². The molecule has 1 aliphatic heterocycles. The number of carbonyl (C=O) groups excluding carboxylic acids is 2. The van der Waals surface area contributed by atoms with Crippen LogP contribution in [0.2, 0.25) is 0 Å². The lowest BCUT2D eigenvalue weighted by Crippen LogP contribution is -2.53. The average Bonchev–Trinajstić information content (AvgIpc) is 2.67. The predicted octanol–water partition coefficient (Wildman–Crippen LogP) is 3.88. The Labute approximate surface area is 165 Å². The maximum absolute atomic E-state index is 12.9. The van der Waals surface area contributed by atoms with Crippen molar-refractivity contribution in [3.05, 3.63) is 79.2 Å². The van der Waals surface area contributed by atoms with Crippen LogP contribution in [0.15, 0.2) is 79.2 Å². The molecular formula is C23H24N2O3. The molecule has 144 valence electrons. The summed E-state index contributed by atoms with van der Waals surface area (Å²) in [4.78, 5) is 28.1. The zero-order valence-corrected chi connectivity index (χ0v) is 16.2. The maximum atomic E-state index is 12.9. The van der Waals surface area contributed by atoms with Crippen molar-refractivity contribution >= 4 is 22.6 Å². The molecule has 0 N–H and O–H groups in total. The smallest absolute Gasteiger partial charge is 0.265 e. The van der Waals surface area contributed by atoms with Gasteiger partial charge in [-0.3, -0.25) is 9.59 Å². The van der Waals surface area contributed by atoms with E-state index >= 15 is 0 Å². The van der Waals surface area contributed by atoms with Crippen molar-refractivity contribution in [3.8, 4) is 5.75 Å². The van der Waals surface area contributed by atoms with Crippen molar-refractivity contribution in [3.63, 3.8) is 0 Å². The van der Waals surface area contributed by atoms with Crippen LogP contribution in [0.1, 0.15) is 13.8 Å². The summed E-state index contributed by atoms with van der Waals surface area (Å²) in [6.45, 7) is 11.4. The van der Waals surface area contributed by atoms with E-state index < -0.39 is 0 Å². The van der Waals surface area contributed by atoms with E-state index in [-0.39, 0.29) is 24.5 Å². The van der Waals surface area contributed by atoms with E-state index in [2.05, 4.69) is 13.2 Å². The monoisotopic (exact) mass is 376 g/mol. The second-order valence-electron chi connectivity index (χ2n) is 6.74. The van der Waals surface area contributed by atoms with Crippen molar-refractivity contribution in [2.75, 3.05) is 13.2 Å². The molecule has 1 saturated heterocycles. The Bertz CT molecular complexity index is 971. The molecule has 0 radical (unpaired) electrons. The highest BCUT2D eigenvalue weighted by atomic mass is 16.5. The molecule has 2 aromatic rings. The average molecular weight is 376 g/mol. The standard InChI is InChI=1S/C23H24N2O3/c1-5-9-21-17(3)25(18(4)26)16(2)14-24(21)23(27)15-28-22-13-8-11-19-10-6-7-12-20(19)22/h5-13,16H,1,3,14-15H2,2,4H3/b21-9+. The highest BCUT2D eigenvalue weighted by Gasteiger charge is 2.34. The molecule has 1 heterocycles. The fourth-order valence-electron chi connectivity index (χ4n) is 3.56. The Morgan fingerprint density at radius 3 is 2.64 bits per heavy atom. The van der Waals surface area contributed by atoms with Crippen molar-refractivity contribution in [1.29, 1.82) is 0 Å². The third-order valence-electron chi connectivity index (χ3n) is 4.78. The van der Waals surface area contributed by atoms with Crippen LogP contribution in [-0.2, 0) is 9.59 Å². The SMILES string of the molecule is C=C/C=C1\C(=C)N(C(C)=O)C(C)CN1C(=O)COc1cccc2ccccc12. The van der Waals surface area contributed by atoms with Crippen LogP contribution in [0.25, 0.3) is 10.8 Å². The van der Waals surface area contributed by atoms with Gasteiger partial charge in [0.15, 0.2) is 6.61 Å². The number of rotatable bonds is 4. The summed E-state index contributed by atoms with van der Waals surface area (Å²) in [6, 6.07) is 13.5. The van der Waals surface area contributed by atoms with Gasteiger partial charge in [0.25, 0.3) is 5.91 Å². The first-order valence-electron chi connectivity index (χ1n) is 9.16. The predicted molar refractivity (Wildman–Crippen MR) is 111 cm³/mol. The number of fused-ring (bicyclic) bond motifs is 1. The van der Waals surface area contributed by atoms with Gasteiger partial charge in [0.1, 0.15) is 5.75 Å². The van der Waals surface area contributed by atoms with E-state index in [4.69, 9.17) is 4.74 Å². The molecule has 1 fully saturated rings. The normalized spacial score (nSPS) is 18.4. The molecule has 2 amide bonds. The summed E-state index contributed by atoms with van der Waals surface area (Å²) in [5, 5.41) is 2.01. The molecule has 1 unspecified atom stereocenters. The topological polar surface area (TPSA) is 49.9 Å². The first kappa shape index (κ1) is 19.4. The molecule has 0 spiro atoms. The van der Waals surface area contributed by atoms with Crippen LogP contribution in [0.5, 0.6) is 5.75 Å². The number of allylic oxidation sites excluding steroid dienone is 2. The summed E-state index contributed by atoms with van der Waals surface area (Å²) in [5.74, 6) is 0.360. The number of ether oxygens (including phenoxy) is 1. The van der Waals surface area contributed by atoms with Crippen LogP contribution >= 0.6 is 0 Å². The molecule has 3 rings (SSSR count). The number of nitrogens with zero attached hydrogens (tertiary/aromatic N) is 2. The Morgan fingerprint density at radius 1 is 1.21 bits per heavy atom. The number of carbonyl (C=O) groups is 2. The lowest BCUT2D eigenvalue weighted by molar-refractivity contribution is -0.137. The number of amides is 2. The molecule has 1 aliphatic rings. The van der Waals surface area contributed by atoms with Gasteiger partial charge >= 0.3 is 0 Å². The third kappa shape index (κ3) is 3.69. The van der Waals surface area contributed by atoms with Gasteiger partial charge in [-0.1, -0.05) is 55.6 Å². The van der Waals surface area contributed by atoms with Crippen LogP contribution < -0.4 is 4.74 Å². The molecule has 0 saturated carbocycles. The van der Waals surface area contributed by atoms with Gasteiger partial charge in [-0.2, -0.15) is 0 Å². The van der Waals surface area contributed by atoms with Gasteiger partial charge in [0.2, 0.25) is 5.91 Å². The third-order valence-corrected chi connectivity index (χ3v) is 4.78. The maximum Gasteiger partial charge on any atom is 0.265 e. The largest absolute Gasteiger partial charge is 0.483 e. The molecule has 0 bridgehead atoms. The van der Waals surface area contributed by atoms with E-state index in [1.54, 1.807) is 22.0 Å². The first-order chi connectivity index (χ1) is 13.4. The molecular weight excluding hydrogens is 352 g/mol. The van der Waals surface area contributed by atoms with Crippen LogP contribution in [0.4, 0.5) is 0 Å². The fourth-order valence-corrected chi connectivity index (χ4v) is 3.56. The van der Waals surface area contributed by atoms with E-state index in [1.165, 1.54) is 6.92 Å². The number of piperazine rings is 1. The summed E-state index contributed by atoms with van der Waals surface area (Å²) in [5.41, 5.74) is 1.06. The number of hydrogen-bond donors (Lipinski definition) is 0. The van der Waals surface area contributed by atoms with Crippen molar-refractivity contribution in [2.45, 2.75) is 19.9 Å². The molecule has 0 aliphatic carbocycles. The Balaban J connectivity index is 1.81. The lowest BCUT2D eigenvalue weighted by atomic mass is 10.1. The summed E-state index contributed by atoms with van der Waals surface area (Å²) in [6.07, 6.45) is 3.28. The van der Waals surface area contributed by atoms with Gasteiger partial charge in [-0.25, -0.2) is 0 Å². The van der Waals surface area contributed by atoms with Gasteiger partial charge in [0, 0.05) is 18.9 Å². The highest BCUT2D eigenvalue weighted by Crippen LogP contribution is 2.29. The summed E-state index contributed by atoms with van der Waals surface area (Å²) >= 11 is 0. The number of benzene rings is 2. The van der Waals surface area contributed by atoms with Crippen LogP contribution in [0.3, 0.4) is 0 Å². The highest BCUT2D eigenvalue weighted by molar-refractivity contribution is 5.89. The summed E-state index contributed by atoms with van der Waals surface area (Å²) in [7, 11) is 0. The first-order valence-corrected chi connectivity index (χ1v) is 9.16. The second-order valence-corrected chi connectivity index (χ2v) is 6.74. The van der Waals surface area contributed by atoms with Gasteiger partial charge in [-0.15, -0.1) is 0 Å². The molecule has 0 aromatic heterocycles.